The van der Waals surface area contributed by atoms with Crippen LogP contribution in [0.25, 0.3) is 5.57 Å². The Morgan fingerprint density at radius 3 is 1.87 bits per heavy atom. The predicted molar refractivity (Wildman–Crippen MR) is 179 cm³/mol. The first-order valence-corrected chi connectivity index (χ1v) is 16.8. The van der Waals surface area contributed by atoms with Crippen LogP contribution in [0, 0.1) is 18.8 Å². The Hall–Kier alpha value is -1.13. The van der Waals surface area contributed by atoms with Crippen LogP contribution in [-0.2, 0) is 10.8 Å². The summed E-state index contributed by atoms with van der Waals surface area (Å²) in [7, 11) is 0. The van der Waals surface area contributed by atoms with Crippen molar-refractivity contribution < 1.29 is 0 Å². The molecule has 0 nitrogen and oxygen atoms in total. The Morgan fingerprint density at radius 1 is 0.789 bits per heavy atom. The van der Waals surface area contributed by atoms with Gasteiger partial charge >= 0.3 is 0 Å². The third kappa shape index (κ3) is 13.3. The minimum absolute atomic E-state index is 0.286. The van der Waals surface area contributed by atoms with Gasteiger partial charge in [0.1, 0.15) is 0 Å². The minimum atomic E-state index is 0.286. The summed E-state index contributed by atoms with van der Waals surface area (Å²) in [5, 5.41) is 3.13. The number of allylic oxidation sites excluding steroid dienone is 1. The zero-order chi connectivity index (χ0) is 29.2. The number of rotatable bonds is 14. The molecule has 0 saturated heterocycles. The summed E-state index contributed by atoms with van der Waals surface area (Å²) >= 11 is 2.04. The van der Waals surface area contributed by atoms with Crippen LogP contribution in [0.15, 0.2) is 23.6 Å². The predicted octanol–water partition coefficient (Wildman–Crippen LogP) is 12.7. The fourth-order valence-corrected chi connectivity index (χ4v) is 6.34. The molecule has 0 aliphatic heterocycles. The van der Waals surface area contributed by atoms with Crippen molar-refractivity contribution >= 4 is 17.3 Å². The maximum absolute atomic E-state index is 4.00. The van der Waals surface area contributed by atoms with Crippen LogP contribution in [-0.4, -0.2) is 5.25 Å². The summed E-state index contributed by atoms with van der Waals surface area (Å²) < 4.78 is 0. The number of hydrogen-bond acceptors (Lipinski definition) is 1. The molecule has 1 aliphatic carbocycles. The van der Waals surface area contributed by atoms with E-state index in [1.54, 1.807) is 11.1 Å². The van der Waals surface area contributed by atoms with Crippen LogP contribution in [0.5, 0.6) is 0 Å². The summed E-state index contributed by atoms with van der Waals surface area (Å²) in [6.45, 7) is 23.5. The van der Waals surface area contributed by atoms with Gasteiger partial charge < -0.3 is 0 Å². The molecule has 1 aliphatic rings. The molecule has 0 amide bonds. The van der Waals surface area contributed by atoms with E-state index in [9.17, 15) is 0 Å². The number of benzene rings is 1. The second-order valence-electron chi connectivity index (χ2n) is 12.9. The molecule has 0 radical (unpaired) electrons. The summed E-state index contributed by atoms with van der Waals surface area (Å²) in [4.78, 5) is 0. The number of hydrogen-bond donors (Lipinski definition) is 0. The van der Waals surface area contributed by atoms with E-state index in [2.05, 4.69) is 106 Å². The first-order valence-electron chi connectivity index (χ1n) is 15.8. The second-order valence-corrected chi connectivity index (χ2v) is 14.2. The lowest BCUT2D eigenvalue weighted by molar-refractivity contribution is 0.332. The molecule has 0 heterocycles. The first kappa shape index (κ1) is 36.9. The average Bonchev–Trinajstić information content (AvgIpc) is 2.91. The lowest BCUT2D eigenvalue weighted by atomic mass is 9.63. The summed E-state index contributed by atoms with van der Waals surface area (Å²) in [6.07, 6.45) is 25.7. The third-order valence-electron chi connectivity index (χ3n) is 8.39. The molecule has 0 saturated carbocycles. The fraction of sp³-hybridized carbons (Fsp3) is 0.730. The van der Waals surface area contributed by atoms with E-state index in [0.717, 1.165) is 5.92 Å². The van der Waals surface area contributed by atoms with E-state index in [-0.39, 0.29) is 5.41 Å². The Balaban J connectivity index is 0.00000150. The van der Waals surface area contributed by atoms with Crippen molar-refractivity contribution in [2.45, 2.75) is 169 Å². The SMILES string of the molecule is C#C.CCCCC(CCC)CCC(C)S/C=C(\C)c1ccc2c(c1)C(C)(C)CCC2(C)C.CCCCCC. The smallest absolute Gasteiger partial charge is 0.00603 e. The van der Waals surface area contributed by atoms with Crippen LogP contribution < -0.4 is 0 Å². The molecule has 218 valence electrons. The van der Waals surface area contributed by atoms with Gasteiger partial charge in [0.05, 0.1) is 0 Å². The van der Waals surface area contributed by atoms with Gasteiger partial charge in [0.25, 0.3) is 0 Å². The normalized spacial score (nSPS) is 17.2. The van der Waals surface area contributed by atoms with Gasteiger partial charge in [-0.1, -0.05) is 138 Å². The third-order valence-corrected chi connectivity index (χ3v) is 9.58. The van der Waals surface area contributed by atoms with E-state index in [1.807, 2.05) is 11.8 Å². The molecule has 2 unspecified atom stereocenters. The molecule has 0 bridgehead atoms. The van der Waals surface area contributed by atoms with Crippen LogP contribution >= 0.6 is 11.8 Å². The molecule has 1 heteroatoms. The molecule has 0 fully saturated rings. The van der Waals surface area contributed by atoms with E-state index < -0.39 is 0 Å². The van der Waals surface area contributed by atoms with Gasteiger partial charge in [-0.15, -0.1) is 24.6 Å². The molecule has 1 aromatic carbocycles. The van der Waals surface area contributed by atoms with Gasteiger partial charge in [-0.3, -0.25) is 0 Å². The average molecular weight is 541 g/mol. The van der Waals surface area contributed by atoms with Crippen molar-refractivity contribution in [2.75, 3.05) is 0 Å². The van der Waals surface area contributed by atoms with Crippen molar-refractivity contribution in [3.63, 3.8) is 0 Å². The monoisotopic (exact) mass is 540 g/mol. The molecule has 38 heavy (non-hydrogen) atoms. The van der Waals surface area contributed by atoms with Gasteiger partial charge in [-0.25, -0.2) is 0 Å². The van der Waals surface area contributed by atoms with Gasteiger partial charge in [-0.2, -0.15) is 0 Å². The Morgan fingerprint density at radius 2 is 1.34 bits per heavy atom. The Kier molecular flexibility index (Phi) is 19.3. The maximum atomic E-state index is 4.00. The largest absolute Gasteiger partial charge is 0.131 e. The van der Waals surface area contributed by atoms with E-state index >= 15 is 0 Å². The second kappa shape index (κ2) is 19.9. The lowest BCUT2D eigenvalue weighted by Crippen LogP contribution is -2.33. The lowest BCUT2D eigenvalue weighted by Gasteiger charge is -2.42. The van der Waals surface area contributed by atoms with E-state index in [1.165, 1.54) is 94.6 Å². The summed E-state index contributed by atoms with van der Waals surface area (Å²) in [6, 6.07) is 7.27. The van der Waals surface area contributed by atoms with E-state index in [0.29, 0.717) is 10.7 Å². The molecule has 0 aromatic heterocycles. The van der Waals surface area contributed by atoms with Gasteiger partial charge in [0.2, 0.25) is 0 Å². The number of fused-ring (bicyclic) bond motifs is 1. The van der Waals surface area contributed by atoms with Gasteiger partial charge in [0, 0.05) is 5.25 Å². The summed E-state index contributed by atoms with van der Waals surface area (Å²) in [5.41, 5.74) is 6.55. The molecule has 2 atom stereocenters. The molecule has 2 rings (SSSR count). The molecular formula is C37H64S. The highest BCUT2D eigenvalue weighted by Gasteiger charge is 2.36. The van der Waals surface area contributed by atoms with Gasteiger partial charge in [0.15, 0.2) is 0 Å². The molecule has 0 N–H and O–H groups in total. The van der Waals surface area contributed by atoms with Crippen LogP contribution in [0.2, 0.25) is 0 Å². The van der Waals surface area contributed by atoms with Crippen LogP contribution in [0.3, 0.4) is 0 Å². The highest BCUT2D eigenvalue weighted by molar-refractivity contribution is 8.02. The Bertz CT molecular complexity index is 790. The van der Waals surface area contributed by atoms with Crippen molar-refractivity contribution in [1.82, 2.24) is 0 Å². The number of unbranched alkanes of at least 4 members (excludes halogenated alkanes) is 4. The quantitative estimate of drug-likeness (QED) is 0.167. The fourth-order valence-electron chi connectivity index (χ4n) is 5.49. The van der Waals surface area contributed by atoms with Crippen LogP contribution in [0.1, 0.15) is 169 Å². The molecular weight excluding hydrogens is 476 g/mol. The Labute approximate surface area is 244 Å². The topological polar surface area (TPSA) is 0 Å². The van der Waals surface area contributed by atoms with Gasteiger partial charge in [-0.05, 0) is 77.0 Å². The van der Waals surface area contributed by atoms with E-state index in [4.69, 9.17) is 0 Å². The van der Waals surface area contributed by atoms with Crippen molar-refractivity contribution in [3.8, 4) is 12.8 Å². The zero-order valence-electron chi connectivity index (χ0n) is 27.2. The maximum Gasteiger partial charge on any atom is 0.00603 e. The standard InChI is InChI=1S/C29H48S.C6H14.C2H2/c1-9-11-13-24(12-10-2)15-14-23(4)30-21-22(3)25-16-17-26-27(20-25)29(7,8)19-18-28(26,5)6;1-3-5-6-4-2;1-2/h16-17,20-21,23-24H,9-15,18-19H2,1-8H3;3-6H2,1-2H3;1-2H/b22-21+;;. The number of thioether (sulfide) groups is 1. The zero-order valence-corrected chi connectivity index (χ0v) is 28.0. The molecule has 0 spiro atoms. The minimum Gasteiger partial charge on any atom is -0.131 e. The first-order chi connectivity index (χ1) is 18.0. The highest BCUT2D eigenvalue weighted by atomic mass is 32.2. The van der Waals surface area contributed by atoms with Crippen LogP contribution in [0.4, 0.5) is 0 Å². The number of terminal acetylenes is 1. The van der Waals surface area contributed by atoms with Crippen molar-refractivity contribution in [2.24, 2.45) is 5.92 Å². The van der Waals surface area contributed by atoms with Crippen molar-refractivity contribution in [3.05, 3.63) is 40.3 Å². The van der Waals surface area contributed by atoms with Crippen molar-refractivity contribution in [1.29, 1.82) is 0 Å². The highest BCUT2D eigenvalue weighted by Crippen LogP contribution is 2.46. The summed E-state index contributed by atoms with van der Waals surface area (Å²) in [5.74, 6) is 0.939. The molecule has 1 aromatic rings.